The van der Waals surface area contributed by atoms with E-state index in [-0.39, 0.29) is 25.6 Å². The van der Waals surface area contributed by atoms with Crippen LogP contribution in [0.15, 0.2) is 28.7 Å². The molecular weight excluding hydrogens is 370 g/mol. The van der Waals surface area contributed by atoms with Crippen molar-refractivity contribution >= 4 is 34.2 Å². The number of benzene rings is 1. The van der Waals surface area contributed by atoms with Crippen LogP contribution in [0.2, 0.25) is 0 Å². The van der Waals surface area contributed by atoms with Gasteiger partial charge in [-0.05, 0) is 18.2 Å². The van der Waals surface area contributed by atoms with E-state index in [1.165, 1.54) is 0 Å². The average molecular weight is 386 g/mol. The minimum Gasteiger partial charge on any atom is -0.492 e. The van der Waals surface area contributed by atoms with Gasteiger partial charge in [-0.3, -0.25) is 10.1 Å². The predicted octanol–water partition coefficient (Wildman–Crippen LogP) is 2.36. The number of hydrogen-bond acceptors (Lipinski definition) is 3. The van der Waals surface area contributed by atoms with Gasteiger partial charge in [0.2, 0.25) is 5.91 Å². The molecule has 0 spiro atoms. The summed E-state index contributed by atoms with van der Waals surface area (Å²) in [6, 6.07) is 6.49. The zero-order valence-electron chi connectivity index (χ0n) is 11.1. The Morgan fingerprint density at radius 3 is 2.90 bits per heavy atom. The van der Waals surface area contributed by atoms with Gasteiger partial charge in [0, 0.05) is 10.9 Å². The quantitative estimate of drug-likeness (QED) is 0.765. The Hall–Kier alpha value is -0.920. The second-order valence-corrected chi connectivity index (χ2v) is 5.51. The first-order valence-corrected chi connectivity index (χ1v) is 7.03. The molecule has 1 aliphatic rings. The van der Waals surface area contributed by atoms with Crippen molar-refractivity contribution in [3.05, 3.63) is 28.7 Å². The lowest BCUT2D eigenvalue weighted by atomic mass is 10.2. The van der Waals surface area contributed by atoms with Crippen LogP contribution in [0.3, 0.4) is 0 Å². The molecule has 0 radical (unpaired) electrons. The Labute approximate surface area is 136 Å². The first kappa shape index (κ1) is 18.1. The summed E-state index contributed by atoms with van der Waals surface area (Å²) in [6.07, 6.45) is -0.453. The third-order valence-electron chi connectivity index (χ3n) is 2.89. The van der Waals surface area contributed by atoms with E-state index < -0.39 is 30.8 Å². The van der Waals surface area contributed by atoms with Crippen molar-refractivity contribution in [1.29, 1.82) is 0 Å². The number of rotatable bonds is 5. The van der Waals surface area contributed by atoms with Crippen LogP contribution in [0.4, 0.5) is 8.78 Å². The fourth-order valence-corrected chi connectivity index (χ4v) is 2.30. The highest BCUT2D eigenvalue weighted by Gasteiger charge is 2.42. The van der Waals surface area contributed by atoms with Gasteiger partial charge in [0.1, 0.15) is 12.4 Å². The minimum atomic E-state index is -2.80. The van der Waals surface area contributed by atoms with Crippen LogP contribution in [0, 0.1) is 0 Å². The number of amides is 1. The molecule has 0 aromatic heterocycles. The summed E-state index contributed by atoms with van der Waals surface area (Å²) in [5.41, 5.74) is 0. The molecule has 0 aliphatic carbocycles. The molecule has 0 bridgehead atoms. The molecule has 2 N–H and O–H groups in total. The van der Waals surface area contributed by atoms with Crippen molar-refractivity contribution < 1.29 is 18.3 Å². The van der Waals surface area contributed by atoms with Crippen molar-refractivity contribution in [3.8, 4) is 5.75 Å². The third-order valence-corrected chi connectivity index (χ3v) is 3.39. The molecular formula is C13H16BrClF2N2O2. The van der Waals surface area contributed by atoms with E-state index in [0.29, 0.717) is 5.75 Å². The fourth-order valence-electron chi connectivity index (χ4n) is 1.92. The molecule has 1 atom stereocenters. The van der Waals surface area contributed by atoms with Crippen LogP contribution in [-0.4, -0.2) is 37.6 Å². The number of nitrogens with one attached hydrogen (secondary N) is 2. The van der Waals surface area contributed by atoms with Crippen LogP contribution in [-0.2, 0) is 4.79 Å². The van der Waals surface area contributed by atoms with Gasteiger partial charge in [0.05, 0.1) is 19.1 Å². The van der Waals surface area contributed by atoms with Gasteiger partial charge < -0.3 is 10.1 Å². The molecule has 2 rings (SSSR count). The second kappa shape index (κ2) is 7.91. The molecule has 1 aromatic rings. The Kier molecular flexibility index (Phi) is 6.83. The van der Waals surface area contributed by atoms with Crippen LogP contribution < -0.4 is 15.4 Å². The number of hydrogen-bond donors (Lipinski definition) is 2. The van der Waals surface area contributed by atoms with Crippen LogP contribution in [0.1, 0.15) is 6.42 Å². The normalized spacial score (nSPS) is 19.7. The number of halogens is 4. The number of alkyl halides is 2. The fraction of sp³-hybridized carbons (Fsp3) is 0.462. The molecule has 1 heterocycles. The largest absolute Gasteiger partial charge is 0.492 e. The maximum Gasteiger partial charge on any atom is 0.262 e. The Morgan fingerprint density at radius 1 is 1.52 bits per heavy atom. The summed E-state index contributed by atoms with van der Waals surface area (Å²) in [5, 5.41) is 5.08. The highest BCUT2D eigenvalue weighted by Crippen LogP contribution is 2.25. The maximum absolute atomic E-state index is 12.9. The van der Waals surface area contributed by atoms with E-state index in [1.807, 2.05) is 12.1 Å². The van der Waals surface area contributed by atoms with Crippen molar-refractivity contribution in [1.82, 2.24) is 10.6 Å². The lowest BCUT2D eigenvalue weighted by molar-refractivity contribution is -0.123. The minimum absolute atomic E-state index is 0. The second-order valence-electron chi connectivity index (χ2n) is 4.59. The Balaban J connectivity index is 0.00000220. The lowest BCUT2D eigenvalue weighted by Crippen LogP contribution is -2.41. The van der Waals surface area contributed by atoms with Crippen molar-refractivity contribution in [2.75, 3.05) is 19.7 Å². The first-order valence-electron chi connectivity index (χ1n) is 6.24. The Bertz CT molecular complexity index is 491. The zero-order chi connectivity index (χ0) is 14.6. The third kappa shape index (κ3) is 5.76. The molecule has 1 saturated heterocycles. The summed E-state index contributed by atoms with van der Waals surface area (Å²) in [6.45, 7) is 0.111. The molecule has 1 aliphatic heterocycles. The van der Waals surface area contributed by atoms with E-state index in [9.17, 15) is 13.6 Å². The van der Waals surface area contributed by atoms with E-state index in [0.717, 1.165) is 4.47 Å². The van der Waals surface area contributed by atoms with Gasteiger partial charge in [0.15, 0.2) is 0 Å². The monoisotopic (exact) mass is 384 g/mol. The number of carbonyl (C=O) groups is 1. The molecule has 1 unspecified atom stereocenters. The van der Waals surface area contributed by atoms with Gasteiger partial charge >= 0.3 is 0 Å². The maximum atomic E-state index is 12.9. The van der Waals surface area contributed by atoms with Crippen molar-refractivity contribution in [3.63, 3.8) is 0 Å². The highest BCUT2D eigenvalue weighted by molar-refractivity contribution is 9.10. The molecule has 4 nitrogen and oxygen atoms in total. The molecule has 8 heteroatoms. The predicted molar refractivity (Wildman–Crippen MR) is 81.2 cm³/mol. The first-order chi connectivity index (χ1) is 9.46. The van der Waals surface area contributed by atoms with E-state index in [1.54, 1.807) is 12.1 Å². The molecule has 0 saturated carbocycles. The molecule has 118 valence electrons. The van der Waals surface area contributed by atoms with Crippen LogP contribution in [0.5, 0.6) is 5.75 Å². The lowest BCUT2D eigenvalue weighted by Gasteiger charge is -2.12. The summed E-state index contributed by atoms with van der Waals surface area (Å²) >= 11 is 3.32. The SMILES string of the molecule is Cl.O=C(NCCOc1cccc(Br)c1)C1CC(F)(F)CN1. The van der Waals surface area contributed by atoms with E-state index in [2.05, 4.69) is 26.6 Å². The van der Waals surface area contributed by atoms with Gasteiger partial charge in [-0.1, -0.05) is 22.0 Å². The summed E-state index contributed by atoms with van der Waals surface area (Å²) in [5.74, 6) is -2.53. The van der Waals surface area contributed by atoms with Gasteiger partial charge in [-0.2, -0.15) is 0 Å². The smallest absolute Gasteiger partial charge is 0.262 e. The summed E-state index contributed by atoms with van der Waals surface area (Å²) < 4.78 is 32.2. The van der Waals surface area contributed by atoms with Crippen molar-refractivity contribution in [2.24, 2.45) is 0 Å². The average Bonchev–Trinajstić information content (AvgIpc) is 2.75. The van der Waals surface area contributed by atoms with E-state index in [4.69, 9.17) is 4.74 Å². The summed E-state index contributed by atoms with van der Waals surface area (Å²) in [4.78, 5) is 11.6. The molecule has 1 amide bonds. The standard InChI is InChI=1S/C13H15BrF2N2O2.ClH/c14-9-2-1-3-10(6-9)20-5-4-17-12(19)11-7-13(15,16)8-18-11;/h1-3,6,11,18H,4-5,7-8H2,(H,17,19);1H. The van der Waals surface area contributed by atoms with Crippen LogP contribution >= 0.6 is 28.3 Å². The molecule has 1 fully saturated rings. The van der Waals surface area contributed by atoms with Crippen LogP contribution in [0.25, 0.3) is 0 Å². The number of carbonyl (C=O) groups excluding carboxylic acids is 1. The molecule has 21 heavy (non-hydrogen) atoms. The van der Waals surface area contributed by atoms with Gasteiger partial charge in [-0.15, -0.1) is 12.4 Å². The summed E-state index contributed by atoms with van der Waals surface area (Å²) in [7, 11) is 0. The number of ether oxygens (including phenoxy) is 1. The molecule has 1 aromatic carbocycles. The zero-order valence-corrected chi connectivity index (χ0v) is 13.5. The Morgan fingerprint density at radius 2 is 2.29 bits per heavy atom. The highest BCUT2D eigenvalue weighted by atomic mass is 79.9. The van der Waals surface area contributed by atoms with E-state index >= 15 is 0 Å². The van der Waals surface area contributed by atoms with Crippen molar-refractivity contribution in [2.45, 2.75) is 18.4 Å². The van der Waals surface area contributed by atoms with Gasteiger partial charge in [-0.25, -0.2) is 8.78 Å². The van der Waals surface area contributed by atoms with Gasteiger partial charge in [0.25, 0.3) is 5.92 Å². The topological polar surface area (TPSA) is 50.4 Å².